The Morgan fingerprint density at radius 3 is 2.16 bits per heavy atom. The monoisotopic (exact) mass is 281 g/mol. The van der Waals surface area contributed by atoms with Crippen molar-refractivity contribution >= 4 is 10.0 Å². The maximum Gasteiger partial charge on any atom is 0.242 e. The summed E-state index contributed by atoms with van der Waals surface area (Å²) in [4.78, 5) is 2.19. The molecule has 0 aliphatic heterocycles. The molecule has 0 aliphatic carbocycles. The molecule has 0 spiro atoms. The zero-order valence-electron chi connectivity index (χ0n) is 11.5. The second-order valence-corrected chi connectivity index (χ2v) is 6.65. The van der Waals surface area contributed by atoms with Gasteiger partial charge >= 0.3 is 0 Å². The second kappa shape index (κ2) is 6.66. The summed E-state index contributed by atoms with van der Waals surface area (Å²) in [6.45, 7) is 1.11. The van der Waals surface area contributed by atoms with Gasteiger partial charge in [0, 0.05) is 20.1 Å². The Labute approximate surface area is 115 Å². The van der Waals surface area contributed by atoms with Crippen LogP contribution in [0.15, 0.2) is 29.2 Å². The standard InChI is InChI=1S/C13H19N3O2S/c1-15(2)10-11-16(3)19(17,18)13-6-4-12(5-7-13)8-9-14/h4-7H,8,10-11H2,1-3H3. The number of likely N-dealkylation sites (N-methyl/N-ethyl adjacent to an activating group) is 2. The first-order chi connectivity index (χ1) is 8.87. The average molecular weight is 281 g/mol. The molecule has 0 bridgehead atoms. The van der Waals surface area contributed by atoms with Crippen LogP contribution in [0.4, 0.5) is 0 Å². The second-order valence-electron chi connectivity index (χ2n) is 4.61. The van der Waals surface area contributed by atoms with Crippen LogP contribution >= 0.6 is 0 Å². The van der Waals surface area contributed by atoms with Crippen molar-refractivity contribution in [2.45, 2.75) is 11.3 Å². The number of nitrogens with zero attached hydrogens (tertiary/aromatic N) is 3. The summed E-state index contributed by atoms with van der Waals surface area (Å²) in [6.07, 6.45) is 0.288. The van der Waals surface area contributed by atoms with E-state index in [1.807, 2.05) is 25.1 Å². The molecular weight excluding hydrogens is 262 g/mol. The van der Waals surface area contributed by atoms with Gasteiger partial charge in [-0.3, -0.25) is 0 Å². The van der Waals surface area contributed by atoms with Crippen molar-refractivity contribution in [3.8, 4) is 6.07 Å². The van der Waals surface area contributed by atoms with E-state index in [9.17, 15) is 8.42 Å². The first-order valence-corrected chi connectivity index (χ1v) is 7.39. The van der Waals surface area contributed by atoms with Crippen LogP contribution in [0.5, 0.6) is 0 Å². The van der Waals surface area contributed by atoms with Crippen molar-refractivity contribution in [1.29, 1.82) is 5.26 Å². The topological polar surface area (TPSA) is 64.4 Å². The fraction of sp³-hybridized carbons (Fsp3) is 0.462. The normalized spacial score (nSPS) is 11.8. The lowest BCUT2D eigenvalue weighted by atomic mass is 10.2. The lowest BCUT2D eigenvalue weighted by Crippen LogP contribution is -2.33. The molecule has 1 aromatic carbocycles. The molecule has 0 saturated heterocycles. The predicted octanol–water partition coefficient (Wildman–Crippen LogP) is 0.935. The molecule has 104 valence electrons. The average Bonchev–Trinajstić information content (AvgIpc) is 2.36. The quantitative estimate of drug-likeness (QED) is 0.778. The van der Waals surface area contributed by atoms with Crippen molar-refractivity contribution in [2.75, 3.05) is 34.2 Å². The molecule has 0 radical (unpaired) electrons. The van der Waals surface area contributed by atoms with E-state index in [1.165, 1.54) is 4.31 Å². The van der Waals surface area contributed by atoms with Gasteiger partial charge in [-0.25, -0.2) is 8.42 Å². The zero-order valence-corrected chi connectivity index (χ0v) is 12.3. The highest BCUT2D eigenvalue weighted by Gasteiger charge is 2.20. The fourth-order valence-electron chi connectivity index (χ4n) is 1.51. The van der Waals surface area contributed by atoms with Crippen molar-refractivity contribution < 1.29 is 8.42 Å². The van der Waals surface area contributed by atoms with Crippen LogP contribution in [-0.2, 0) is 16.4 Å². The summed E-state index contributed by atoms with van der Waals surface area (Å²) < 4.78 is 25.9. The van der Waals surface area contributed by atoms with Gasteiger partial charge in [0.25, 0.3) is 0 Å². The van der Waals surface area contributed by atoms with Gasteiger partial charge in [0.05, 0.1) is 17.4 Å². The lowest BCUT2D eigenvalue weighted by Gasteiger charge is -2.19. The highest BCUT2D eigenvalue weighted by molar-refractivity contribution is 7.89. The minimum atomic E-state index is -3.44. The summed E-state index contributed by atoms with van der Waals surface area (Å²) in [6, 6.07) is 8.48. The van der Waals surface area contributed by atoms with E-state index in [0.717, 1.165) is 5.56 Å². The Hall–Kier alpha value is -1.42. The maximum atomic E-state index is 12.3. The van der Waals surface area contributed by atoms with Gasteiger partial charge in [0.15, 0.2) is 0 Å². The van der Waals surface area contributed by atoms with Crippen molar-refractivity contribution in [3.63, 3.8) is 0 Å². The molecule has 19 heavy (non-hydrogen) atoms. The minimum Gasteiger partial charge on any atom is -0.308 e. The first kappa shape index (κ1) is 15.6. The molecule has 0 saturated carbocycles. The van der Waals surface area contributed by atoms with E-state index in [1.54, 1.807) is 31.3 Å². The van der Waals surface area contributed by atoms with E-state index < -0.39 is 10.0 Å². The zero-order chi connectivity index (χ0) is 14.5. The molecular formula is C13H19N3O2S. The van der Waals surface area contributed by atoms with Crippen molar-refractivity contribution in [3.05, 3.63) is 29.8 Å². The fourth-order valence-corrected chi connectivity index (χ4v) is 2.67. The van der Waals surface area contributed by atoms with E-state index >= 15 is 0 Å². The van der Waals surface area contributed by atoms with Gasteiger partial charge in [-0.05, 0) is 31.8 Å². The Kier molecular flexibility index (Phi) is 5.48. The molecule has 1 aromatic rings. The van der Waals surface area contributed by atoms with Crippen LogP contribution < -0.4 is 0 Å². The molecule has 0 aromatic heterocycles. The van der Waals surface area contributed by atoms with Crippen LogP contribution in [0.3, 0.4) is 0 Å². The molecule has 6 heteroatoms. The summed E-state index contributed by atoms with van der Waals surface area (Å²) in [5, 5.41) is 8.58. The molecule has 0 amide bonds. The van der Waals surface area contributed by atoms with Gasteiger partial charge < -0.3 is 4.90 Å². The highest BCUT2D eigenvalue weighted by Crippen LogP contribution is 2.15. The van der Waals surface area contributed by atoms with E-state index in [4.69, 9.17) is 5.26 Å². The Morgan fingerprint density at radius 1 is 1.11 bits per heavy atom. The lowest BCUT2D eigenvalue weighted by molar-refractivity contribution is 0.358. The Balaban J connectivity index is 2.85. The summed E-state index contributed by atoms with van der Waals surface area (Å²) in [7, 11) is 1.93. The van der Waals surface area contributed by atoms with E-state index in [-0.39, 0.29) is 11.3 Å². The molecule has 0 N–H and O–H groups in total. The van der Waals surface area contributed by atoms with Crippen LogP contribution in [-0.4, -0.2) is 51.9 Å². The van der Waals surface area contributed by atoms with Crippen LogP contribution in [0.25, 0.3) is 0 Å². The van der Waals surface area contributed by atoms with Crippen molar-refractivity contribution in [2.24, 2.45) is 0 Å². The van der Waals surface area contributed by atoms with Crippen LogP contribution in [0.1, 0.15) is 5.56 Å². The summed E-state index contributed by atoms with van der Waals surface area (Å²) >= 11 is 0. The van der Waals surface area contributed by atoms with Gasteiger partial charge in [0.1, 0.15) is 0 Å². The highest BCUT2D eigenvalue weighted by atomic mass is 32.2. The third kappa shape index (κ3) is 4.31. The Bertz CT molecular complexity index is 544. The first-order valence-electron chi connectivity index (χ1n) is 5.95. The number of benzene rings is 1. The van der Waals surface area contributed by atoms with Gasteiger partial charge in [0.2, 0.25) is 10.0 Å². The van der Waals surface area contributed by atoms with Crippen molar-refractivity contribution in [1.82, 2.24) is 9.21 Å². The number of rotatable bonds is 6. The molecule has 0 fully saturated rings. The third-order valence-corrected chi connectivity index (χ3v) is 4.65. The number of nitriles is 1. The molecule has 0 unspecified atom stereocenters. The van der Waals surface area contributed by atoms with Gasteiger partial charge in [-0.15, -0.1) is 0 Å². The number of hydrogen-bond donors (Lipinski definition) is 0. The molecule has 0 aliphatic rings. The van der Waals surface area contributed by atoms with E-state index in [0.29, 0.717) is 13.1 Å². The summed E-state index contributed by atoms with van der Waals surface area (Å²) in [5.41, 5.74) is 0.817. The van der Waals surface area contributed by atoms with Gasteiger partial charge in [-0.2, -0.15) is 9.57 Å². The predicted molar refractivity (Wildman–Crippen MR) is 74.1 cm³/mol. The van der Waals surface area contributed by atoms with Gasteiger partial charge in [-0.1, -0.05) is 12.1 Å². The maximum absolute atomic E-state index is 12.3. The van der Waals surface area contributed by atoms with Crippen LogP contribution in [0, 0.1) is 11.3 Å². The number of sulfonamides is 1. The Morgan fingerprint density at radius 2 is 1.68 bits per heavy atom. The number of hydrogen-bond acceptors (Lipinski definition) is 4. The summed E-state index contributed by atoms with van der Waals surface area (Å²) in [5.74, 6) is 0. The smallest absolute Gasteiger partial charge is 0.242 e. The molecule has 0 heterocycles. The molecule has 1 rings (SSSR count). The van der Waals surface area contributed by atoms with E-state index in [2.05, 4.69) is 0 Å². The largest absolute Gasteiger partial charge is 0.308 e. The molecule has 5 nitrogen and oxygen atoms in total. The third-order valence-electron chi connectivity index (χ3n) is 2.78. The molecule has 0 atom stereocenters. The van der Waals surface area contributed by atoms with Crippen LogP contribution in [0.2, 0.25) is 0 Å². The SMILES string of the molecule is CN(C)CCN(C)S(=O)(=O)c1ccc(CC#N)cc1. The minimum absolute atomic E-state index is 0.260.